The molecule has 0 spiro atoms. The van der Waals surface area contributed by atoms with Crippen molar-refractivity contribution in [2.45, 2.75) is 6.43 Å². The topological polar surface area (TPSA) is 59.2 Å². The predicted octanol–water partition coefficient (Wildman–Crippen LogP) is 1.70. The fourth-order valence-corrected chi connectivity index (χ4v) is 1.47. The second-order valence-corrected chi connectivity index (χ2v) is 3.65. The Morgan fingerprint density at radius 1 is 1.60 bits per heavy atom. The van der Waals surface area contributed by atoms with Crippen LogP contribution in [0.1, 0.15) is 22.5 Å². The quantitative estimate of drug-likeness (QED) is 0.664. The van der Waals surface area contributed by atoms with Crippen molar-refractivity contribution >= 4 is 28.6 Å². The van der Waals surface area contributed by atoms with Crippen molar-refractivity contribution < 1.29 is 18.3 Å². The molecule has 0 aliphatic carbocycles. The molecule has 0 bridgehead atoms. The van der Waals surface area contributed by atoms with Crippen LogP contribution >= 0.6 is 22.6 Å². The van der Waals surface area contributed by atoms with Gasteiger partial charge >= 0.3 is 5.97 Å². The van der Waals surface area contributed by atoms with Crippen LogP contribution in [-0.4, -0.2) is 18.1 Å². The SMILES string of the molecule is COC(=O)c1cc(C(F)F)c(I)c(=O)[nH]1. The van der Waals surface area contributed by atoms with Crippen molar-refractivity contribution in [2.75, 3.05) is 7.11 Å². The minimum atomic E-state index is -2.80. The van der Waals surface area contributed by atoms with E-state index in [0.717, 1.165) is 13.2 Å². The Kier molecular flexibility index (Phi) is 3.77. The van der Waals surface area contributed by atoms with Gasteiger partial charge in [-0.05, 0) is 28.7 Å². The highest BCUT2D eigenvalue weighted by Crippen LogP contribution is 2.22. The lowest BCUT2D eigenvalue weighted by atomic mass is 10.2. The third kappa shape index (κ3) is 2.52. The van der Waals surface area contributed by atoms with E-state index >= 15 is 0 Å². The monoisotopic (exact) mass is 329 g/mol. The normalized spacial score (nSPS) is 10.5. The minimum Gasteiger partial charge on any atom is -0.464 e. The molecule has 0 saturated heterocycles. The summed E-state index contributed by atoms with van der Waals surface area (Å²) in [7, 11) is 1.10. The molecule has 1 aromatic heterocycles. The highest BCUT2D eigenvalue weighted by atomic mass is 127. The molecule has 0 radical (unpaired) electrons. The second kappa shape index (κ2) is 4.69. The molecule has 0 aromatic carbocycles. The van der Waals surface area contributed by atoms with Crippen molar-refractivity contribution in [1.29, 1.82) is 0 Å². The summed E-state index contributed by atoms with van der Waals surface area (Å²) in [6, 6.07) is 0.916. The standard InChI is InChI=1S/C8H6F2INO3/c1-15-8(14)4-2-3(6(9)10)5(11)7(13)12-4/h2,6H,1H3,(H,12,13). The van der Waals surface area contributed by atoms with Crippen LogP contribution in [0.3, 0.4) is 0 Å². The first kappa shape index (κ1) is 12.1. The number of aromatic amines is 1. The summed E-state index contributed by atoms with van der Waals surface area (Å²) in [4.78, 5) is 24.3. The van der Waals surface area contributed by atoms with E-state index in [4.69, 9.17) is 0 Å². The Morgan fingerprint density at radius 2 is 2.20 bits per heavy atom. The third-order valence-corrected chi connectivity index (χ3v) is 2.75. The number of ether oxygens (including phenoxy) is 1. The highest BCUT2D eigenvalue weighted by Gasteiger charge is 2.18. The summed E-state index contributed by atoms with van der Waals surface area (Å²) in [6.07, 6.45) is -2.80. The summed E-state index contributed by atoms with van der Waals surface area (Å²) in [5.74, 6) is -0.856. The van der Waals surface area contributed by atoms with Gasteiger partial charge in [0.1, 0.15) is 5.69 Å². The molecular weight excluding hydrogens is 323 g/mol. The predicted molar refractivity (Wildman–Crippen MR) is 56.1 cm³/mol. The summed E-state index contributed by atoms with van der Waals surface area (Å²) in [6.45, 7) is 0. The molecule has 1 heterocycles. The van der Waals surface area contributed by atoms with E-state index < -0.39 is 23.5 Å². The largest absolute Gasteiger partial charge is 0.464 e. The van der Waals surface area contributed by atoms with Gasteiger partial charge in [-0.25, -0.2) is 13.6 Å². The lowest BCUT2D eigenvalue weighted by Crippen LogP contribution is -2.18. The number of nitrogens with one attached hydrogen (secondary N) is 1. The molecule has 82 valence electrons. The number of methoxy groups -OCH3 is 1. The summed E-state index contributed by atoms with van der Waals surface area (Å²) in [5, 5.41) is 0. The van der Waals surface area contributed by atoms with E-state index in [1.165, 1.54) is 22.6 Å². The van der Waals surface area contributed by atoms with Gasteiger partial charge in [-0.3, -0.25) is 4.79 Å². The molecule has 7 heteroatoms. The minimum absolute atomic E-state index is 0.129. The second-order valence-electron chi connectivity index (χ2n) is 2.57. The maximum Gasteiger partial charge on any atom is 0.354 e. The third-order valence-electron chi connectivity index (χ3n) is 1.64. The zero-order valence-electron chi connectivity index (χ0n) is 7.51. The molecule has 1 N–H and O–H groups in total. The van der Waals surface area contributed by atoms with Crippen molar-refractivity contribution in [3.8, 4) is 0 Å². The van der Waals surface area contributed by atoms with Gasteiger partial charge in [0.2, 0.25) is 0 Å². The van der Waals surface area contributed by atoms with Gasteiger partial charge in [0, 0.05) is 5.56 Å². The van der Waals surface area contributed by atoms with Crippen LogP contribution in [0.15, 0.2) is 10.9 Å². The van der Waals surface area contributed by atoms with Crippen LogP contribution in [0.2, 0.25) is 0 Å². The number of alkyl halides is 2. The molecule has 4 nitrogen and oxygen atoms in total. The van der Waals surface area contributed by atoms with Crippen LogP contribution in [0.4, 0.5) is 8.78 Å². The Bertz CT molecular complexity index is 444. The van der Waals surface area contributed by atoms with Gasteiger partial charge in [-0.2, -0.15) is 0 Å². The molecule has 0 unspecified atom stereocenters. The van der Waals surface area contributed by atoms with Crippen LogP contribution < -0.4 is 5.56 Å². The first-order valence-corrected chi connectivity index (χ1v) is 4.84. The molecule has 0 aliphatic rings. The van der Waals surface area contributed by atoms with E-state index in [0.29, 0.717) is 0 Å². The first-order chi connectivity index (χ1) is 6.97. The van der Waals surface area contributed by atoms with E-state index in [2.05, 4.69) is 9.72 Å². The van der Waals surface area contributed by atoms with Crippen LogP contribution in [0.25, 0.3) is 0 Å². The number of pyridine rings is 1. The maximum atomic E-state index is 12.4. The lowest BCUT2D eigenvalue weighted by Gasteiger charge is -2.05. The lowest BCUT2D eigenvalue weighted by molar-refractivity contribution is 0.0593. The zero-order chi connectivity index (χ0) is 11.6. The van der Waals surface area contributed by atoms with Gasteiger partial charge < -0.3 is 9.72 Å². The number of halogens is 3. The number of aromatic nitrogens is 1. The molecule has 0 atom stereocenters. The van der Waals surface area contributed by atoms with Gasteiger partial charge in [0.05, 0.1) is 10.7 Å². The average Bonchev–Trinajstić information content (AvgIpc) is 2.20. The molecule has 1 aromatic rings. The summed E-state index contributed by atoms with van der Waals surface area (Å²) >= 11 is 1.50. The molecular formula is C8H6F2INO3. The van der Waals surface area contributed by atoms with Crippen LogP contribution in [-0.2, 0) is 4.74 Å². The smallest absolute Gasteiger partial charge is 0.354 e. The molecule has 15 heavy (non-hydrogen) atoms. The number of hydrogen-bond donors (Lipinski definition) is 1. The van der Waals surface area contributed by atoms with E-state index in [-0.39, 0.29) is 9.26 Å². The highest BCUT2D eigenvalue weighted by molar-refractivity contribution is 14.1. The van der Waals surface area contributed by atoms with E-state index in [1.54, 1.807) is 0 Å². The molecule has 0 saturated carbocycles. The number of hydrogen-bond acceptors (Lipinski definition) is 3. The molecule has 1 rings (SSSR count). The molecule has 0 amide bonds. The van der Waals surface area contributed by atoms with Gasteiger partial charge in [0.15, 0.2) is 0 Å². The first-order valence-electron chi connectivity index (χ1n) is 3.76. The average molecular weight is 329 g/mol. The summed E-state index contributed by atoms with van der Waals surface area (Å²) in [5.41, 5.74) is -1.48. The fraction of sp³-hybridized carbons (Fsp3) is 0.250. The number of carbonyl (C=O) groups excluding carboxylic acids is 1. The van der Waals surface area contributed by atoms with E-state index in [1.807, 2.05) is 0 Å². The van der Waals surface area contributed by atoms with Gasteiger partial charge in [-0.15, -0.1) is 0 Å². The fourth-order valence-electron chi connectivity index (χ4n) is 0.942. The van der Waals surface area contributed by atoms with Crippen molar-refractivity contribution in [3.63, 3.8) is 0 Å². The number of esters is 1. The van der Waals surface area contributed by atoms with Crippen LogP contribution in [0.5, 0.6) is 0 Å². The Hall–Kier alpha value is -0.990. The zero-order valence-corrected chi connectivity index (χ0v) is 9.67. The Morgan fingerprint density at radius 3 is 2.67 bits per heavy atom. The van der Waals surface area contributed by atoms with Crippen molar-refractivity contribution in [1.82, 2.24) is 4.98 Å². The van der Waals surface area contributed by atoms with Gasteiger partial charge in [-0.1, -0.05) is 0 Å². The summed E-state index contributed by atoms with van der Waals surface area (Å²) < 4.78 is 29.1. The van der Waals surface area contributed by atoms with Crippen LogP contribution in [0, 0.1) is 3.57 Å². The number of carbonyl (C=O) groups is 1. The molecule has 0 aliphatic heterocycles. The Balaban J connectivity index is 3.36. The number of H-pyrrole nitrogens is 1. The maximum absolute atomic E-state index is 12.4. The molecule has 0 fully saturated rings. The Labute approximate surface area is 96.8 Å². The number of rotatable bonds is 2. The van der Waals surface area contributed by atoms with Gasteiger partial charge in [0.25, 0.3) is 12.0 Å². The van der Waals surface area contributed by atoms with E-state index in [9.17, 15) is 18.4 Å². The van der Waals surface area contributed by atoms with Crippen molar-refractivity contribution in [3.05, 3.63) is 31.2 Å². The van der Waals surface area contributed by atoms with Crippen molar-refractivity contribution in [2.24, 2.45) is 0 Å².